The summed E-state index contributed by atoms with van der Waals surface area (Å²) < 4.78 is 0. The van der Waals surface area contributed by atoms with E-state index in [-0.39, 0.29) is 25.1 Å². The van der Waals surface area contributed by atoms with Crippen molar-refractivity contribution in [1.82, 2.24) is 26.2 Å². The van der Waals surface area contributed by atoms with Crippen LogP contribution in [0.4, 0.5) is 0 Å². The van der Waals surface area contributed by atoms with Gasteiger partial charge in [0.1, 0.15) is 29.9 Å². The van der Waals surface area contributed by atoms with Crippen LogP contribution in [-0.2, 0) is 36.8 Å². The molecule has 0 saturated carbocycles. The first kappa shape index (κ1) is 46.5. The molecule has 5 rings (SSSR count). The molecular weight excluding hydrogens is 789 g/mol. The number of benzene rings is 4. The summed E-state index contributed by atoms with van der Waals surface area (Å²) in [5, 5.41) is 31.5. The number of aromatic hydroxyl groups is 1. The number of fused-ring (bicyclic) bond motifs is 5. The SMILES string of the molecule is CCCCc1ccc(-c2ccc(C(=O)N[C@@H](CCCCN)C(=O)NCCC(=O)N(C)[C@@H]3C(=O)N[C@@H](C)C(=O)N[C@H](C(=O)O)Cc4ccc(O)c(c4)-c4cc3ccc4C)cc2)cc1. The fraction of sp³-hybridized carbons (Fsp3) is 0.375. The standard InChI is InChI=1S/C48H58N6O8/c1-5-6-9-31-12-16-33(17-13-31)34-18-20-35(21-19-34)45(58)52-39(10-7-8-24-49)46(59)50-25-23-42(56)54(4)43-36-15-11-29(2)37(28-36)38-26-32(14-22-41(38)55)27-40(48(61)62)53-44(57)30(3)51-47(43)60/h11-22,26,28,30,39-40,43,55H,5-10,23-25,27,49H2,1-4H3,(H,50,59)(H,51,60)(H,52,58)(H,53,57)(H,61,62)/t30-,39-,40-,43-/m0/s1. The highest BCUT2D eigenvalue weighted by Gasteiger charge is 2.33. The number of rotatable bonds is 16. The maximum Gasteiger partial charge on any atom is 0.326 e. The minimum atomic E-state index is -1.33. The molecule has 0 spiro atoms. The second-order valence-corrected chi connectivity index (χ2v) is 15.9. The lowest BCUT2D eigenvalue weighted by atomic mass is 9.92. The van der Waals surface area contributed by atoms with Crippen LogP contribution in [0.15, 0.2) is 84.9 Å². The van der Waals surface area contributed by atoms with Gasteiger partial charge < -0.3 is 42.1 Å². The van der Waals surface area contributed by atoms with Gasteiger partial charge in [-0.25, -0.2) is 4.79 Å². The average Bonchev–Trinajstić information content (AvgIpc) is 3.26. The number of carbonyl (C=O) groups excluding carboxylic acids is 5. The van der Waals surface area contributed by atoms with Crippen molar-refractivity contribution in [2.75, 3.05) is 20.1 Å². The van der Waals surface area contributed by atoms with Crippen molar-refractivity contribution in [1.29, 1.82) is 0 Å². The molecule has 4 aromatic rings. The number of aryl methyl sites for hydroxylation is 2. The second kappa shape index (κ2) is 21.8. The lowest BCUT2D eigenvalue weighted by Gasteiger charge is -2.30. The van der Waals surface area contributed by atoms with E-state index in [0.717, 1.165) is 36.0 Å². The highest BCUT2D eigenvalue weighted by Crippen LogP contribution is 2.36. The van der Waals surface area contributed by atoms with Crippen molar-refractivity contribution in [3.8, 4) is 28.0 Å². The molecule has 0 aromatic heterocycles. The van der Waals surface area contributed by atoms with Gasteiger partial charge in [-0.3, -0.25) is 24.0 Å². The molecule has 62 heavy (non-hydrogen) atoms. The number of phenols is 1. The van der Waals surface area contributed by atoms with Gasteiger partial charge in [0.15, 0.2) is 0 Å². The zero-order chi connectivity index (χ0) is 44.9. The van der Waals surface area contributed by atoms with E-state index in [2.05, 4.69) is 52.5 Å². The van der Waals surface area contributed by atoms with Gasteiger partial charge in [-0.1, -0.05) is 67.9 Å². The molecule has 14 heteroatoms. The number of amides is 5. The molecule has 4 aromatic carbocycles. The summed E-state index contributed by atoms with van der Waals surface area (Å²) in [6.45, 7) is 5.71. The summed E-state index contributed by atoms with van der Waals surface area (Å²) in [6.07, 6.45) is 4.55. The molecule has 0 radical (unpaired) electrons. The molecule has 0 unspecified atom stereocenters. The lowest BCUT2D eigenvalue weighted by molar-refractivity contribution is -0.143. The van der Waals surface area contributed by atoms with E-state index < -0.39 is 59.7 Å². The number of unbranched alkanes of at least 4 members (excludes halogenated alkanes) is 2. The number of nitrogens with one attached hydrogen (secondary N) is 4. The Hall–Kier alpha value is -6.54. The molecule has 5 amide bonds. The monoisotopic (exact) mass is 846 g/mol. The molecule has 1 heterocycles. The van der Waals surface area contributed by atoms with Gasteiger partial charge in [-0.15, -0.1) is 0 Å². The molecule has 8 N–H and O–H groups in total. The largest absolute Gasteiger partial charge is 0.507 e. The molecule has 0 fully saturated rings. The van der Waals surface area contributed by atoms with Gasteiger partial charge in [-0.05, 0) is 122 Å². The van der Waals surface area contributed by atoms with Crippen LogP contribution in [-0.4, -0.2) is 88.9 Å². The predicted molar refractivity (Wildman–Crippen MR) is 237 cm³/mol. The van der Waals surface area contributed by atoms with Crippen molar-refractivity contribution in [3.63, 3.8) is 0 Å². The normalized spacial score (nSPS) is 16.8. The highest BCUT2D eigenvalue weighted by molar-refractivity contribution is 5.98. The molecule has 1 aliphatic rings. The number of hydrogen-bond donors (Lipinski definition) is 7. The van der Waals surface area contributed by atoms with Gasteiger partial charge in [0.25, 0.3) is 5.91 Å². The van der Waals surface area contributed by atoms with Crippen molar-refractivity contribution >= 4 is 35.5 Å². The van der Waals surface area contributed by atoms with E-state index in [4.69, 9.17) is 5.73 Å². The zero-order valence-corrected chi connectivity index (χ0v) is 35.8. The zero-order valence-electron chi connectivity index (χ0n) is 35.8. The van der Waals surface area contributed by atoms with Crippen LogP contribution in [0.1, 0.15) is 91.0 Å². The van der Waals surface area contributed by atoms with Crippen LogP contribution in [0.5, 0.6) is 5.75 Å². The number of carboxylic acids is 1. The van der Waals surface area contributed by atoms with Crippen LogP contribution in [0.3, 0.4) is 0 Å². The van der Waals surface area contributed by atoms with E-state index in [1.807, 2.05) is 19.1 Å². The third-order valence-electron chi connectivity index (χ3n) is 11.2. The Bertz CT molecular complexity index is 2240. The topological polar surface area (TPSA) is 220 Å². The maximum absolute atomic E-state index is 14.0. The molecule has 14 nitrogen and oxygen atoms in total. The Morgan fingerprint density at radius 1 is 0.871 bits per heavy atom. The number of carboxylic acid groups (broad SMARTS) is 1. The van der Waals surface area contributed by atoms with Crippen molar-refractivity contribution in [2.45, 2.75) is 96.3 Å². The van der Waals surface area contributed by atoms with Crippen molar-refractivity contribution in [2.24, 2.45) is 5.73 Å². The van der Waals surface area contributed by atoms with Crippen LogP contribution in [0.25, 0.3) is 22.3 Å². The van der Waals surface area contributed by atoms with Gasteiger partial charge in [0.05, 0.1) is 0 Å². The smallest absolute Gasteiger partial charge is 0.326 e. The lowest BCUT2D eigenvalue weighted by Crippen LogP contribution is -2.53. The van der Waals surface area contributed by atoms with E-state index in [0.29, 0.717) is 53.6 Å². The van der Waals surface area contributed by atoms with Crippen molar-refractivity contribution < 1.29 is 39.0 Å². The Morgan fingerprint density at radius 2 is 1.56 bits per heavy atom. The van der Waals surface area contributed by atoms with E-state index in [1.165, 1.54) is 30.5 Å². The first-order chi connectivity index (χ1) is 29.7. The summed E-state index contributed by atoms with van der Waals surface area (Å²) in [4.78, 5) is 81.3. The maximum atomic E-state index is 14.0. The summed E-state index contributed by atoms with van der Waals surface area (Å²) in [6, 6.07) is 20.7. The van der Waals surface area contributed by atoms with Gasteiger partial charge in [0, 0.05) is 37.6 Å². The molecule has 1 aliphatic heterocycles. The van der Waals surface area contributed by atoms with E-state index >= 15 is 0 Å². The highest BCUT2D eigenvalue weighted by atomic mass is 16.4. The number of aliphatic carboxylic acids is 1. The molecular formula is C48H58N6O8. The van der Waals surface area contributed by atoms with Gasteiger partial charge in [-0.2, -0.15) is 0 Å². The third kappa shape index (κ3) is 12.1. The van der Waals surface area contributed by atoms with Crippen LogP contribution >= 0.6 is 0 Å². The quantitative estimate of drug-likeness (QED) is 0.0759. The van der Waals surface area contributed by atoms with Gasteiger partial charge >= 0.3 is 5.97 Å². The molecule has 0 saturated heterocycles. The fourth-order valence-corrected chi connectivity index (χ4v) is 7.47. The van der Waals surface area contributed by atoms with E-state index in [9.17, 15) is 39.0 Å². The number of hydrogen-bond acceptors (Lipinski definition) is 8. The number of nitrogens with zero attached hydrogens (tertiary/aromatic N) is 1. The third-order valence-corrected chi connectivity index (χ3v) is 11.2. The van der Waals surface area contributed by atoms with Crippen molar-refractivity contribution in [3.05, 3.63) is 113 Å². The van der Waals surface area contributed by atoms with Crippen LogP contribution in [0.2, 0.25) is 0 Å². The molecule has 0 aliphatic carbocycles. The summed E-state index contributed by atoms with van der Waals surface area (Å²) >= 11 is 0. The van der Waals surface area contributed by atoms with E-state index in [1.54, 1.807) is 42.5 Å². The predicted octanol–water partition coefficient (Wildman–Crippen LogP) is 4.94. The van der Waals surface area contributed by atoms with Gasteiger partial charge in [0.2, 0.25) is 23.6 Å². The Labute approximate surface area is 362 Å². The minimum Gasteiger partial charge on any atom is -0.507 e. The molecule has 4 atom stereocenters. The second-order valence-electron chi connectivity index (χ2n) is 15.9. The Balaban J connectivity index is 1.29. The number of phenolic OH excluding ortho intramolecular Hbond substituents is 1. The average molecular weight is 847 g/mol. The first-order valence-corrected chi connectivity index (χ1v) is 21.2. The minimum absolute atomic E-state index is 0.0755. The first-order valence-electron chi connectivity index (χ1n) is 21.2. The summed E-state index contributed by atoms with van der Waals surface area (Å²) in [5.74, 6) is -4.22. The number of likely N-dealkylation sites (N-methyl/N-ethyl adjacent to an activating group) is 1. The van der Waals surface area contributed by atoms with Crippen LogP contribution in [0, 0.1) is 6.92 Å². The van der Waals surface area contributed by atoms with Crippen LogP contribution < -0.4 is 27.0 Å². The fourth-order valence-electron chi connectivity index (χ4n) is 7.47. The Morgan fingerprint density at radius 3 is 2.23 bits per heavy atom. The number of nitrogens with two attached hydrogens (primary N) is 1. The Kier molecular flexibility index (Phi) is 16.4. The molecule has 4 bridgehead atoms. The summed E-state index contributed by atoms with van der Waals surface area (Å²) in [5.41, 5.74) is 12.0. The number of carbonyl (C=O) groups is 6. The molecule has 328 valence electrons. The summed E-state index contributed by atoms with van der Waals surface area (Å²) in [7, 11) is 1.43.